The molecular formula is C26H20N4O3S. The van der Waals surface area contributed by atoms with Gasteiger partial charge in [0.25, 0.3) is 15.9 Å². The Morgan fingerprint density at radius 3 is 2.21 bits per heavy atom. The van der Waals surface area contributed by atoms with Gasteiger partial charge in [-0.1, -0.05) is 42.5 Å². The maximum Gasteiger partial charge on any atom is 0.261 e. The summed E-state index contributed by atoms with van der Waals surface area (Å²) in [5.41, 5.74) is 3.69. The number of anilines is 2. The van der Waals surface area contributed by atoms with Gasteiger partial charge in [0, 0.05) is 11.3 Å². The number of carbonyl (C=O) groups excluding carboxylic acids is 1. The number of rotatable bonds is 6. The first kappa shape index (κ1) is 21.4. The number of carbonyl (C=O) groups is 1. The van der Waals surface area contributed by atoms with E-state index in [1.54, 1.807) is 54.6 Å². The minimum atomic E-state index is -3.83. The van der Waals surface area contributed by atoms with Crippen LogP contribution in [0.5, 0.6) is 0 Å². The number of nitrogens with one attached hydrogen (secondary N) is 3. The van der Waals surface area contributed by atoms with Crippen LogP contribution in [0, 0.1) is 0 Å². The second-order valence-electron chi connectivity index (χ2n) is 7.60. The molecule has 0 bridgehead atoms. The molecule has 0 radical (unpaired) electrons. The highest BCUT2D eigenvalue weighted by Gasteiger charge is 2.18. The fourth-order valence-corrected chi connectivity index (χ4v) is 4.67. The molecule has 0 fully saturated rings. The van der Waals surface area contributed by atoms with E-state index >= 15 is 0 Å². The number of H-pyrrole nitrogens is 1. The first-order valence-corrected chi connectivity index (χ1v) is 12.0. The molecule has 0 aliphatic rings. The Morgan fingerprint density at radius 2 is 1.44 bits per heavy atom. The molecule has 0 aliphatic heterocycles. The lowest BCUT2D eigenvalue weighted by atomic mass is 10.1. The van der Waals surface area contributed by atoms with E-state index in [0.717, 1.165) is 22.4 Å². The second-order valence-corrected chi connectivity index (χ2v) is 9.28. The molecular weight excluding hydrogens is 448 g/mol. The molecule has 168 valence electrons. The van der Waals surface area contributed by atoms with Gasteiger partial charge in [0.1, 0.15) is 5.82 Å². The van der Waals surface area contributed by atoms with E-state index in [-0.39, 0.29) is 16.1 Å². The molecule has 0 unspecified atom stereocenters. The van der Waals surface area contributed by atoms with Crippen molar-refractivity contribution >= 4 is 38.3 Å². The predicted molar refractivity (Wildman–Crippen MR) is 133 cm³/mol. The summed E-state index contributed by atoms with van der Waals surface area (Å²) in [6.45, 7) is 0. The van der Waals surface area contributed by atoms with Crippen molar-refractivity contribution in [1.29, 1.82) is 0 Å². The number of hydrogen-bond donors (Lipinski definition) is 3. The van der Waals surface area contributed by atoms with Crippen LogP contribution in [0.15, 0.2) is 108 Å². The van der Waals surface area contributed by atoms with Crippen LogP contribution in [0.25, 0.3) is 22.4 Å². The first-order chi connectivity index (χ1) is 16.5. The second kappa shape index (κ2) is 8.84. The Hall–Kier alpha value is -4.43. The number of fused-ring (bicyclic) bond motifs is 1. The molecule has 8 heteroatoms. The van der Waals surface area contributed by atoms with Gasteiger partial charge in [-0.05, 0) is 60.7 Å². The van der Waals surface area contributed by atoms with Gasteiger partial charge in [0.15, 0.2) is 0 Å². The topological polar surface area (TPSA) is 104 Å². The summed E-state index contributed by atoms with van der Waals surface area (Å²) in [5, 5.41) is 2.83. The fourth-order valence-electron chi connectivity index (χ4n) is 3.57. The van der Waals surface area contributed by atoms with Gasteiger partial charge in [-0.3, -0.25) is 9.52 Å². The summed E-state index contributed by atoms with van der Waals surface area (Å²) >= 11 is 0. The number of amides is 1. The van der Waals surface area contributed by atoms with Gasteiger partial charge < -0.3 is 10.3 Å². The monoisotopic (exact) mass is 468 g/mol. The summed E-state index contributed by atoms with van der Waals surface area (Å²) in [6.07, 6.45) is 0. The molecule has 4 aromatic carbocycles. The number of benzene rings is 4. The molecule has 5 rings (SSSR count). The van der Waals surface area contributed by atoms with Crippen molar-refractivity contribution in [3.63, 3.8) is 0 Å². The van der Waals surface area contributed by atoms with Crippen LogP contribution in [0.2, 0.25) is 0 Å². The summed E-state index contributed by atoms with van der Waals surface area (Å²) in [5.74, 6) is 0.308. The van der Waals surface area contributed by atoms with Crippen LogP contribution < -0.4 is 10.0 Å². The average molecular weight is 469 g/mol. The molecule has 3 N–H and O–H groups in total. The lowest BCUT2D eigenvalue weighted by molar-refractivity contribution is 0.102. The van der Waals surface area contributed by atoms with Crippen LogP contribution in [0.1, 0.15) is 10.4 Å². The summed E-state index contributed by atoms with van der Waals surface area (Å²) < 4.78 is 28.0. The molecule has 0 saturated carbocycles. The van der Waals surface area contributed by atoms with Gasteiger partial charge >= 0.3 is 0 Å². The Kier molecular flexibility index (Phi) is 5.57. The number of aromatic amines is 1. The predicted octanol–water partition coefficient (Wildman–Crippen LogP) is 5.28. The van der Waals surface area contributed by atoms with E-state index in [4.69, 9.17) is 0 Å². The van der Waals surface area contributed by atoms with Crippen LogP contribution in [0.4, 0.5) is 11.4 Å². The quantitative estimate of drug-likeness (QED) is 0.315. The lowest BCUT2D eigenvalue weighted by Crippen LogP contribution is -2.18. The Balaban J connectivity index is 1.35. The van der Waals surface area contributed by atoms with E-state index in [2.05, 4.69) is 20.0 Å². The number of para-hydroxylation sites is 3. The number of nitrogens with zero attached hydrogens (tertiary/aromatic N) is 1. The number of hydrogen-bond acceptors (Lipinski definition) is 4. The van der Waals surface area contributed by atoms with Crippen LogP contribution in [-0.4, -0.2) is 24.3 Å². The average Bonchev–Trinajstić information content (AvgIpc) is 3.29. The molecule has 1 aromatic heterocycles. The van der Waals surface area contributed by atoms with Crippen molar-refractivity contribution < 1.29 is 13.2 Å². The fraction of sp³-hybridized carbons (Fsp3) is 0. The third-order valence-corrected chi connectivity index (χ3v) is 6.66. The normalized spacial score (nSPS) is 11.3. The van der Waals surface area contributed by atoms with Crippen molar-refractivity contribution in [2.45, 2.75) is 4.90 Å². The van der Waals surface area contributed by atoms with E-state index in [1.807, 2.05) is 36.4 Å². The van der Waals surface area contributed by atoms with Crippen molar-refractivity contribution in [3.05, 3.63) is 109 Å². The highest BCUT2D eigenvalue weighted by atomic mass is 32.2. The molecule has 0 spiro atoms. The number of imidazole rings is 1. The highest BCUT2D eigenvalue weighted by molar-refractivity contribution is 7.92. The molecule has 34 heavy (non-hydrogen) atoms. The third kappa shape index (κ3) is 4.39. The standard InChI is InChI=1S/C26H20N4O3S/c31-26(21-10-4-5-11-22(21)30-34(32,33)20-8-2-1-3-9-20)27-19-16-14-18(15-17-19)25-28-23-12-6-7-13-24(23)29-25/h1-17,30H,(H,27,31)(H,28,29). The Morgan fingerprint density at radius 1 is 0.765 bits per heavy atom. The Bertz CT molecular complexity index is 1540. The van der Waals surface area contributed by atoms with Crippen LogP contribution in [0.3, 0.4) is 0 Å². The van der Waals surface area contributed by atoms with Gasteiger partial charge in [0.05, 0.1) is 27.2 Å². The SMILES string of the molecule is O=C(Nc1ccc(-c2nc3ccccc3[nH]2)cc1)c1ccccc1NS(=O)(=O)c1ccccc1. The molecule has 0 aliphatic carbocycles. The third-order valence-electron chi connectivity index (χ3n) is 5.28. The van der Waals surface area contributed by atoms with Crippen molar-refractivity contribution in [3.8, 4) is 11.4 Å². The molecule has 7 nitrogen and oxygen atoms in total. The van der Waals surface area contributed by atoms with Gasteiger partial charge in [-0.15, -0.1) is 0 Å². The molecule has 0 atom stereocenters. The van der Waals surface area contributed by atoms with Crippen molar-refractivity contribution in [2.24, 2.45) is 0 Å². The number of aromatic nitrogens is 2. The highest BCUT2D eigenvalue weighted by Crippen LogP contribution is 2.24. The van der Waals surface area contributed by atoms with Crippen LogP contribution in [-0.2, 0) is 10.0 Å². The maximum absolute atomic E-state index is 13.0. The van der Waals surface area contributed by atoms with Crippen LogP contribution >= 0.6 is 0 Å². The van der Waals surface area contributed by atoms with Crippen molar-refractivity contribution in [1.82, 2.24) is 9.97 Å². The summed E-state index contributed by atoms with van der Waals surface area (Å²) in [6, 6.07) is 29.5. The summed E-state index contributed by atoms with van der Waals surface area (Å²) in [4.78, 5) is 20.9. The van der Waals surface area contributed by atoms with Crippen molar-refractivity contribution in [2.75, 3.05) is 10.0 Å². The molecule has 1 heterocycles. The minimum absolute atomic E-state index is 0.117. The van der Waals surface area contributed by atoms with Gasteiger partial charge in [0.2, 0.25) is 0 Å². The minimum Gasteiger partial charge on any atom is -0.338 e. The smallest absolute Gasteiger partial charge is 0.261 e. The largest absolute Gasteiger partial charge is 0.338 e. The van der Waals surface area contributed by atoms with E-state index in [1.165, 1.54) is 12.1 Å². The zero-order valence-corrected chi connectivity index (χ0v) is 18.7. The molecule has 0 saturated heterocycles. The zero-order valence-electron chi connectivity index (χ0n) is 17.9. The maximum atomic E-state index is 13.0. The van der Waals surface area contributed by atoms with E-state index in [0.29, 0.717) is 5.69 Å². The van der Waals surface area contributed by atoms with E-state index in [9.17, 15) is 13.2 Å². The van der Waals surface area contributed by atoms with E-state index < -0.39 is 15.9 Å². The zero-order chi connectivity index (χ0) is 23.5. The first-order valence-electron chi connectivity index (χ1n) is 10.5. The lowest BCUT2D eigenvalue weighted by Gasteiger charge is -2.13. The number of sulfonamides is 1. The Labute approximate surface area is 196 Å². The summed E-state index contributed by atoms with van der Waals surface area (Å²) in [7, 11) is -3.83. The van der Waals surface area contributed by atoms with Gasteiger partial charge in [-0.25, -0.2) is 13.4 Å². The molecule has 5 aromatic rings. The molecule has 1 amide bonds. The van der Waals surface area contributed by atoms with Gasteiger partial charge in [-0.2, -0.15) is 0 Å².